The van der Waals surface area contributed by atoms with Crippen LogP contribution >= 0.6 is 11.3 Å². The van der Waals surface area contributed by atoms with Crippen molar-refractivity contribution < 1.29 is 14.4 Å². The van der Waals surface area contributed by atoms with Crippen LogP contribution in [-0.2, 0) is 9.59 Å². The summed E-state index contributed by atoms with van der Waals surface area (Å²) < 4.78 is 0. The van der Waals surface area contributed by atoms with Crippen molar-refractivity contribution in [2.45, 2.75) is 32.1 Å². The first-order valence-corrected chi connectivity index (χ1v) is 8.16. The quantitative estimate of drug-likeness (QED) is 0.588. The Morgan fingerprint density at radius 3 is 2.86 bits per heavy atom. The molecule has 0 saturated carbocycles. The van der Waals surface area contributed by atoms with E-state index in [1.165, 1.54) is 11.3 Å². The molecule has 0 unspecified atom stereocenters. The molecule has 0 bridgehead atoms. The molecular formula is C15H20N2O3S. The Bertz CT molecular complexity index is 499. The van der Waals surface area contributed by atoms with E-state index in [0.717, 1.165) is 19.4 Å². The molecule has 1 aliphatic rings. The van der Waals surface area contributed by atoms with E-state index in [2.05, 4.69) is 5.32 Å². The summed E-state index contributed by atoms with van der Waals surface area (Å²) in [6.45, 7) is 2.09. The molecule has 1 aromatic rings. The van der Waals surface area contributed by atoms with Gasteiger partial charge in [0.05, 0.1) is 4.88 Å². The Labute approximate surface area is 128 Å². The molecule has 1 N–H and O–H groups in total. The zero-order chi connectivity index (χ0) is 15.1. The second-order valence-corrected chi connectivity index (χ2v) is 6.04. The number of rotatable bonds is 8. The molecule has 0 aliphatic carbocycles. The van der Waals surface area contributed by atoms with Gasteiger partial charge in [0.15, 0.2) is 5.78 Å². The number of likely N-dealkylation sites (tertiary alicyclic amines) is 1. The Balaban J connectivity index is 1.55. The van der Waals surface area contributed by atoms with E-state index in [0.29, 0.717) is 24.4 Å². The van der Waals surface area contributed by atoms with E-state index in [-0.39, 0.29) is 30.4 Å². The maximum Gasteiger partial charge on any atom is 0.222 e. The van der Waals surface area contributed by atoms with Crippen molar-refractivity contribution >= 4 is 28.9 Å². The zero-order valence-electron chi connectivity index (χ0n) is 12.0. The standard InChI is InChI=1S/C15H20N2O3S/c18-12(13-4-2-11-21-13)6-7-14(19)16-8-3-10-17-9-1-5-15(17)20/h2,4,11H,1,3,5-10H2,(H,16,19). The summed E-state index contributed by atoms with van der Waals surface area (Å²) in [7, 11) is 0. The van der Waals surface area contributed by atoms with Crippen LogP contribution in [0.2, 0.25) is 0 Å². The topological polar surface area (TPSA) is 66.5 Å². The van der Waals surface area contributed by atoms with Gasteiger partial charge in [-0.3, -0.25) is 14.4 Å². The third kappa shape index (κ3) is 4.97. The molecule has 21 heavy (non-hydrogen) atoms. The molecule has 5 nitrogen and oxygen atoms in total. The lowest BCUT2D eigenvalue weighted by atomic mass is 10.2. The molecule has 1 aromatic heterocycles. The minimum atomic E-state index is -0.104. The van der Waals surface area contributed by atoms with E-state index in [9.17, 15) is 14.4 Å². The number of nitrogens with one attached hydrogen (secondary N) is 1. The van der Waals surface area contributed by atoms with E-state index < -0.39 is 0 Å². The average molecular weight is 308 g/mol. The average Bonchev–Trinajstić information content (AvgIpc) is 3.13. The SMILES string of the molecule is O=C(CCC(=O)c1cccs1)NCCCN1CCCC1=O. The molecule has 114 valence electrons. The van der Waals surface area contributed by atoms with Gasteiger partial charge in [-0.1, -0.05) is 6.07 Å². The lowest BCUT2D eigenvalue weighted by Gasteiger charge is -2.15. The summed E-state index contributed by atoms with van der Waals surface area (Å²) in [6.07, 6.45) is 2.82. The van der Waals surface area contributed by atoms with Gasteiger partial charge >= 0.3 is 0 Å². The van der Waals surface area contributed by atoms with Crippen molar-refractivity contribution in [3.05, 3.63) is 22.4 Å². The first-order valence-electron chi connectivity index (χ1n) is 7.28. The molecule has 0 atom stereocenters. The van der Waals surface area contributed by atoms with Crippen molar-refractivity contribution in [3.63, 3.8) is 0 Å². The van der Waals surface area contributed by atoms with Gasteiger partial charge in [0.1, 0.15) is 0 Å². The molecule has 1 saturated heterocycles. The molecule has 1 fully saturated rings. The van der Waals surface area contributed by atoms with Gasteiger partial charge in [-0.2, -0.15) is 0 Å². The highest BCUT2D eigenvalue weighted by Gasteiger charge is 2.19. The van der Waals surface area contributed by atoms with E-state index in [1.807, 2.05) is 16.3 Å². The van der Waals surface area contributed by atoms with Gasteiger partial charge in [0.25, 0.3) is 0 Å². The monoisotopic (exact) mass is 308 g/mol. The number of amides is 2. The number of nitrogens with zero attached hydrogens (tertiary/aromatic N) is 1. The van der Waals surface area contributed by atoms with Crippen LogP contribution in [0.25, 0.3) is 0 Å². The third-order valence-corrected chi connectivity index (χ3v) is 4.38. The Morgan fingerprint density at radius 2 is 2.19 bits per heavy atom. The Morgan fingerprint density at radius 1 is 1.33 bits per heavy atom. The first kappa shape index (κ1) is 15.7. The van der Waals surface area contributed by atoms with Gasteiger partial charge in [-0.25, -0.2) is 0 Å². The summed E-state index contributed by atoms with van der Waals surface area (Å²) in [5.74, 6) is 0.123. The van der Waals surface area contributed by atoms with Gasteiger partial charge < -0.3 is 10.2 Å². The van der Waals surface area contributed by atoms with Crippen LogP contribution in [0.1, 0.15) is 41.8 Å². The number of hydrogen-bond acceptors (Lipinski definition) is 4. The van der Waals surface area contributed by atoms with Crippen LogP contribution < -0.4 is 5.32 Å². The predicted molar refractivity (Wildman–Crippen MR) is 81.3 cm³/mol. The Kier molecular flexibility index (Phi) is 5.92. The van der Waals surface area contributed by atoms with Crippen molar-refractivity contribution in [2.24, 2.45) is 0 Å². The minimum Gasteiger partial charge on any atom is -0.356 e. The van der Waals surface area contributed by atoms with Gasteiger partial charge in [0.2, 0.25) is 11.8 Å². The van der Waals surface area contributed by atoms with Crippen molar-refractivity contribution in [3.8, 4) is 0 Å². The Hall–Kier alpha value is -1.69. The van der Waals surface area contributed by atoms with Crippen LogP contribution in [0, 0.1) is 0 Å². The van der Waals surface area contributed by atoms with Gasteiger partial charge in [-0.15, -0.1) is 11.3 Å². The van der Waals surface area contributed by atoms with E-state index >= 15 is 0 Å². The van der Waals surface area contributed by atoms with Crippen molar-refractivity contribution in [2.75, 3.05) is 19.6 Å². The second kappa shape index (κ2) is 7.93. The van der Waals surface area contributed by atoms with Crippen molar-refractivity contribution in [1.82, 2.24) is 10.2 Å². The molecule has 6 heteroatoms. The highest BCUT2D eigenvalue weighted by Crippen LogP contribution is 2.12. The van der Waals surface area contributed by atoms with E-state index in [1.54, 1.807) is 6.07 Å². The molecule has 2 heterocycles. The van der Waals surface area contributed by atoms with Gasteiger partial charge in [-0.05, 0) is 24.3 Å². The summed E-state index contributed by atoms with van der Waals surface area (Å²) in [5.41, 5.74) is 0. The number of Topliss-reactive ketones (excluding diaryl/α,β-unsaturated/α-hetero) is 1. The van der Waals surface area contributed by atoms with Crippen LogP contribution in [0.5, 0.6) is 0 Å². The smallest absolute Gasteiger partial charge is 0.222 e. The number of ketones is 1. The zero-order valence-corrected chi connectivity index (χ0v) is 12.8. The molecular weight excluding hydrogens is 288 g/mol. The predicted octanol–water partition coefficient (Wildman–Crippen LogP) is 1.84. The number of carbonyl (C=O) groups excluding carboxylic acids is 3. The lowest BCUT2D eigenvalue weighted by Crippen LogP contribution is -2.30. The number of thiophene rings is 1. The normalized spacial score (nSPS) is 14.5. The summed E-state index contributed by atoms with van der Waals surface area (Å²) in [5, 5.41) is 4.65. The van der Waals surface area contributed by atoms with Crippen molar-refractivity contribution in [1.29, 1.82) is 0 Å². The maximum absolute atomic E-state index is 11.7. The summed E-state index contributed by atoms with van der Waals surface area (Å²) >= 11 is 1.40. The molecule has 0 radical (unpaired) electrons. The molecule has 2 rings (SSSR count). The number of carbonyl (C=O) groups is 3. The third-order valence-electron chi connectivity index (χ3n) is 3.47. The molecule has 0 spiro atoms. The molecule has 0 aromatic carbocycles. The second-order valence-electron chi connectivity index (χ2n) is 5.09. The minimum absolute atomic E-state index is 0.0165. The molecule has 2 amide bonds. The highest BCUT2D eigenvalue weighted by atomic mass is 32.1. The van der Waals surface area contributed by atoms with Crippen LogP contribution in [0.4, 0.5) is 0 Å². The summed E-state index contributed by atoms with van der Waals surface area (Å²) in [4.78, 5) is 37.3. The van der Waals surface area contributed by atoms with Gasteiger partial charge in [0, 0.05) is 38.9 Å². The number of hydrogen-bond donors (Lipinski definition) is 1. The fourth-order valence-electron chi connectivity index (χ4n) is 2.31. The molecule has 1 aliphatic heterocycles. The van der Waals surface area contributed by atoms with Crippen LogP contribution in [0.15, 0.2) is 17.5 Å². The highest BCUT2D eigenvalue weighted by molar-refractivity contribution is 7.12. The van der Waals surface area contributed by atoms with E-state index in [4.69, 9.17) is 0 Å². The van der Waals surface area contributed by atoms with Crippen LogP contribution in [-0.4, -0.2) is 42.1 Å². The lowest BCUT2D eigenvalue weighted by molar-refractivity contribution is -0.127. The fraction of sp³-hybridized carbons (Fsp3) is 0.533. The first-order chi connectivity index (χ1) is 10.2. The fourth-order valence-corrected chi connectivity index (χ4v) is 3.01. The largest absolute Gasteiger partial charge is 0.356 e. The van der Waals surface area contributed by atoms with Crippen LogP contribution in [0.3, 0.4) is 0 Å². The summed E-state index contributed by atoms with van der Waals surface area (Å²) in [6, 6.07) is 3.61. The maximum atomic E-state index is 11.7.